The summed E-state index contributed by atoms with van der Waals surface area (Å²) in [6.45, 7) is 1.12. The molecule has 19 heavy (non-hydrogen) atoms. The van der Waals surface area contributed by atoms with Crippen LogP contribution in [0.3, 0.4) is 0 Å². The fraction of sp³-hybridized carbons (Fsp3) is 0.364. The van der Waals surface area contributed by atoms with Crippen LogP contribution in [0.2, 0.25) is 0 Å². The Bertz CT molecular complexity index is 508. The molecule has 102 valence electrons. The van der Waals surface area contributed by atoms with Crippen molar-refractivity contribution in [2.45, 2.75) is 0 Å². The van der Waals surface area contributed by atoms with E-state index in [9.17, 15) is 19.3 Å². The molecule has 0 saturated carbocycles. The van der Waals surface area contributed by atoms with Crippen molar-refractivity contribution in [1.29, 1.82) is 0 Å². The molecule has 0 aromatic heterocycles. The number of cyclic esters (lactones) is 1. The van der Waals surface area contributed by atoms with Crippen molar-refractivity contribution in [2.24, 2.45) is 0 Å². The molecule has 0 aliphatic carbocycles. The van der Waals surface area contributed by atoms with Crippen molar-refractivity contribution in [1.82, 2.24) is 4.90 Å². The van der Waals surface area contributed by atoms with Gasteiger partial charge in [0.05, 0.1) is 24.1 Å². The van der Waals surface area contributed by atoms with Gasteiger partial charge in [-0.05, 0) is 12.1 Å². The molecular weight excluding hydrogens is 259 g/mol. The maximum atomic E-state index is 12.9. The summed E-state index contributed by atoms with van der Waals surface area (Å²) >= 11 is 0. The van der Waals surface area contributed by atoms with Crippen molar-refractivity contribution in [2.75, 3.05) is 26.3 Å². The van der Waals surface area contributed by atoms with Crippen molar-refractivity contribution >= 4 is 11.8 Å². The van der Waals surface area contributed by atoms with Crippen molar-refractivity contribution < 1.29 is 23.6 Å². The molecule has 0 radical (unpaired) electrons. The quantitative estimate of drug-likeness (QED) is 0.599. The van der Waals surface area contributed by atoms with E-state index in [1.165, 1.54) is 11.0 Å². The van der Waals surface area contributed by atoms with E-state index in [1.54, 1.807) is 0 Å². The van der Waals surface area contributed by atoms with E-state index in [1.807, 2.05) is 0 Å². The Balaban J connectivity index is 1.95. The first-order valence-corrected chi connectivity index (χ1v) is 5.56. The van der Waals surface area contributed by atoms with E-state index < -0.39 is 22.5 Å². The van der Waals surface area contributed by atoms with Gasteiger partial charge in [0, 0.05) is 0 Å². The molecule has 0 N–H and O–H groups in total. The molecular formula is C11H11FN2O5. The zero-order valence-corrected chi connectivity index (χ0v) is 9.87. The maximum Gasteiger partial charge on any atom is 0.410 e. The first-order valence-electron chi connectivity index (χ1n) is 5.56. The van der Waals surface area contributed by atoms with Gasteiger partial charge in [0.15, 0.2) is 5.75 Å². The fourth-order valence-electron chi connectivity index (χ4n) is 1.65. The van der Waals surface area contributed by atoms with Gasteiger partial charge in [0.25, 0.3) is 0 Å². The molecule has 0 spiro atoms. The summed E-state index contributed by atoms with van der Waals surface area (Å²) in [5.74, 6) is -0.735. The molecule has 1 aromatic carbocycles. The van der Waals surface area contributed by atoms with E-state index in [4.69, 9.17) is 9.47 Å². The van der Waals surface area contributed by atoms with E-state index in [2.05, 4.69) is 0 Å². The first kappa shape index (κ1) is 13.1. The molecule has 8 heteroatoms. The van der Waals surface area contributed by atoms with Gasteiger partial charge in [-0.1, -0.05) is 0 Å². The molecule has 0 bridgehead atoms. The van der Waals surface area contributed by atoms with Crippen molar-refractivity contribution in [3.05, 3.63) is 34.1 Å². The highest BCUT2D eigenvalue weighted by molar-refractivity contribution is 5.69. The number of ether oxygens (including phenoxy) is 2. The molecule has 1 aromatic rings. The summed E-state index contributed by atoms with van der Waals surface area (Å²) in [7, 11) is 0. The van der Waals surface area contributed by atoms with Gasteiger partial charge in [-0.3, -0.25) is 10.1 Å². The normalized spacial score (nSPS) is 14.4. The highest BCUT2D eigenvalue weighted by Gasteiger charge is 2.22. The summed E-state index contributed by atoms with van der Waals surface area (Å²) < 4.78 is 22.8. The molecule has 0 unspecified atom stereocenters. The third-order valence-corrected chi connectivity index (χ3v) is 2.58. The van der Waals surface area contributed by atoms with Crippen LogP contribution in [0.4, 0.5) is 14.9 Å². The lowest BCUT2D eigenvalue weighted by Gasteiger charge is -2.13. The Morgan fingerprint density at radius 2 is 2.32 bits per heavy atom. The molecule has 1 aliphatic heterocycles. The number of carbonyl (C=O) groups is 1. The third kappa shape index (κ3) is 3.09. The summed E-state index contributed by atoms with van der Waals surface area (Å²) in [6.07, 6.45) is -0.433. The van der Waals surface area contributed by atoms with Gasteiger partial charge < -0.3 is 14.4 Å². The predicted molar refractivity (Wildman–Crippen MR) is 61.5 cm³/mol. The van der Waals surface area contributed by atoms with Gasteiger partial charge in [0.2, 0.25) is 0 Å². The molecule has 1 amide bonds. The lowest BCUT2D eigenvalue weighted by molar-refractivity contribution is -0.386. The smallest absolute Gasteiger partial charge is 0.410 e. The monoisotopic (exact) mass is 270 g/mol. The van der Waals surface area contributed by atoms with E-state index in [0.29, 0.717) is 13.2 Å². The van der Waals surface area contributed by atoms with Crippen LogP contribution in [0.5, 0.6) is 5.75 Å². The van der Waals surface area contributed by atoms with Crippen LogP contribution in [0.1, 0.15) is 0 Å². The minimum Gasteiger partial charge on any atom is -0.485 e. The molecule has 1 fully saturated rings. The largest absolute Gasteiger partial charge is 0.485 e. The number of amides is 1. The van der Waals surface area contributed by atoms with Gasteiger partial charge in [-0.2, -0.15) is 0 Å². The third-order valence-electron chi connectivity index (χ3n) is 2.58. The number of hydrogen-bond donors (Lipinski definition) is 0. The lowest BCUT2D eigenvalue weighted by Crippen LogP contribution is -2.29. The summed E-state index contributed by atoms with van der Waals surface area (Å²) in [5, 5.41) is 10.7. The van der Waals surface area contributed by atoms with Gasteiger partial charge in [-0.15, -0.1) is 0 Å². The fourth-order valence-corrected chi connectivity index (χ4v) is 1.65. The number of benzene rings is 1. The average Bonchev–Trinajstić information content (AvgIpc) is 2.77. The minimum absolute atomic E-state index is 0.0287. The highest BCUT2D eigenvalue weighted by atomic mass is 19.1. The lowest BCUT2D eigenvalue weighted by atomic mass is 10.3. The summed E-state index contributed by atoms with van der Waals surface area (Å²) in [6, 6.07) is 3.06. The maximum absolute atomic E-state index is 12.9. The predicted octanol–water partition coefficient (Wildman–Crippen LogP) is 1.56. The Morgan fingerprint density at radius 1 is 1.53 bits per heavy atom. The Morgan fingerprint density at radius 3 is 2.95 bits per heavy atom. The van der Waals surface area contributed by atoms with E-state index >= 15 is 0 Å². The zero-order chi connectivity index (χ0) is 13.8. The van der Waals surface area contributed by atoms with E-state index in [0.717, 1.165) is 12.1 Å². The number of halogens is 1. The second-order valence-corrected chi connectivity index (χ2v) is 3.82. The van der Waals surface area contributed by atoms with E-state index in [-0.39, 0.29) is 18.9 Å². The first-order chi connectivity index (χ1) is 9.08. The van der Waals surface area contributed by atoms with Crippen molar-refractivity contribution in [3.8, 4) is 5.75 Å². The second-order valence-electron chi connectivity index (χ2n) is 3.82. The second kappa shape index (κ2) is 5.51. The Kier molecular flexibility index (Phi) is 3.79. The van der Waals surface area contributed by atoms with Gasteiger partial charge in [0.1, 0.15) is 19.0 Å². The number of nitro benzene ring substituents is 1. The molecule has 7 nitrogen and oxygen atoms in total. The number of carbonyl (C=O) groups excluding carboxylic acids is 1. The number of hydrogen-bond acceptors (Lipinski definition) is 5. The molecule has 1 saturated heterocycles. The topological polar surface area (TPSA) is 81.9 Å². The number of rotatable bonds is 5. The van der Waals surface area contributed by atoms with Gasteiger partial charge >= 0.3 is 11.8 Å². The molecule has 0 atom stereocenters. The summed E-state index contributed by atoms with van der Waals surface area (Å²) in [5.41, 5.74) is -0.441. The average molecular weight is 270 g/mol. The number of nitrogens with zero attached hydrogens (tertiary/aromatic N) is 2. The number of nitro groups is 1. The van der Waals surface area contributed by atoms with Crippen molar-refractivity contribution in [3.63, 3.8) is 0 Å². The minimum atomic E-state index is -0.720. The Hall–Kier alpha value is -2.38. The van der Waals surface area contributed by atoms with Crippen LogP contribution >= 0.6 is 0 Å². The highest BCUT2D eigenvalue weighted by Crippen LogP contribution is 2.27. The standard InChI is InChI=1S/C11H11FN2O5/c12-8-1-2-10(9(7-8)14(16)17)18-5-3-13-4-6-19-11(13)15/h1-2,7H,3-6H2. The van der Waals surface area contributed by atoms with Crippen LogP contribution in [0.25, 0.3) is 0 Å². The van der Waals surface area contributed by atoms with Crippen LogP contribution < -0.4 is 4.74 Å². The Labute approximate surface area is 107 Å². The van der Waals surface area contributed by atoms with Crippen LogP contribution in [0.15, 0.2) is 18.2 Å². The molecule has 2 rings (SSSR count). The summed E-state index contributed by atoms with van der Waals surface area (Å²) in [4.78, 5) is 22.6. The van der Waals surface area contributed by atoms with Crippen LogP contribution in [0, 0.1) is 15.9 Å². The van der Waals surface area contributed by atoms with Gasteiger partial charge in [-0.25, -0.2) is 9.18 Å². The molecule has 1 heterocycles. The molecule has 1 aliphatic rings. The SMILES string of the molecule is O=C1OCCN1CCOc1ccc(F)cc1[N+](=O)[O-]. The zero-order valence-electron chi connectivity index (χ0n) is 9.87. The van der Waals surface area contributed by atoms with Crippen LogP contribution in [-0.4, -0.2) is 42.2 Å². The van der Waals surface area contributed by atoms with Crippen LogP contribution in [-0.2, 0) is 4.74 Å².